The first kappa shape index (κ1) is 14.5. The van der Waals surface area contributed by atoms with E-state index in [2.05, 4.69) is 5.32 Å². The number of hydrogen-bond acceptors (Lipinski definition) is 5. The first-order valence-electron chi connectivity index (χ1n) is 6.11. The third-order valence-corrected chi connectivity index (χ3v) is 3.32. The van der Waals surface area contributed by atoms with Crippen LogP contribution in [0.5, 0.6) is 5.75 Å². The fraction of sp³-hybridized carbons (Fsp3) is 0.417. The molecule has 0 radical (unpaired) electrons. The summed E-state index contributed by atoms with van der Waals surface area (Å²) in [6.07, 6.45) is -0.508. The topological polar surface area (TPSA) is 84.7 Å². The highest BCUT2D eigenvalue weighted by Gasteiger charge is 2.21. The maximum atomic E-state index is 12.0. The first-order chi connectivity index (χ1) is 9.49. The number of halogens is 1. The van der Waals surface area contributed by atoms with Crippen LogP contribution in [0.25, 0.3) is 0 Å². The Morgan fingerprint density at radius 3 is 2.70 bits per heavy atom. The summed E-state index contributed by atoms with van der Waals surface area (Å²) in [5.74, 6) is 0.157. The fourth-order valence-corrected chi connectivity index (χ4v) is 2.19. The van der Waals surface area contributed by atoms with Gasteiger partial charge < -0.3 is 15.0 Å². The Labute approximate surface area is 120 Å². The van der Waals surface area contributed by atoms with Crippen molar-refractivity contribution in [2.75, 3.05) is 26.2 Å². The monoisotopic (exact) mass is 299 g/mol. The van der Waals surface area contributed by atoms with Gasteiger partial charge in [0.25, 0.3) is 5.69 Å². The third-order valence-electron chi connectivity index (χ3n) is 3.01. The summed E-state index contributed by atoms with van der Waals surface area (Å²) in [6, 6.07) is 2.60. The molecule has 0 saturated carbocycles. The second kappa shape index (κ2) is 6.06. The highest BCUT2D eigenvalue weighted by atomic mass is 35.5. The van der Waals surface area contributed by atoms with Gasteiger partial charge in [0.15, 0.2) is 0 Å². The number of nitro groups is 1. The minimum Gasteiger partial charge on any atom is -0.410 e. The van der Waals surface area contributed by atoms with Crippen LogP contribution in [0, 0.1) is 17.0 Å². The minimum atomic E-state index is -0.607. The average molecular weight is 300 g/mol. The van der Waals surface area contributed by atoms with Crippen molar-refractivity contribution < 1.29 is 14.5 Å². The van der Waals surface area contributed by atoms with Gasteiger partial charge in [-0.25, -0.2) is 4.79 Å². The molecule has 0 aliphatic carbocycles. The molecule has 1 amide bonds. The molecular formula is C12H14ClN3O4. The number of nitrogens with one attached hydrogen (secondary N) is 1. The van der Waals surface area contributed by atoms with Crippen LogP contribution in [0.1, 0.15) is 5.56 Å². The number of carbonyl (C=O) groups is 1. The summed E-state index contributed by atoms with van der Waals surface area (Å²) in [5, 5.41) is 14.0. The summed E-state index contributed by atoms with van der Waals surface area (Å²) in [7, 11) is 0. The van der Waals surface area contributed by atoms with E-state index in [4.69, 9.17) is 16.3 Å². The van der Waals surface area contributed by atoms with E-state index in [0.717, 1.165) is 0 Å². The molecule has 1 heterocycles. The van der Waals surface area contributed by atoms with Gasteiger partial charge in [-0.1, -0.05) is 11.6 Å². The molecule has 2 rings (SSSR count). The van der Waals surface area contributed by atoms with Gasteiger partial charge in [-0.3, -0.25) is 10.1 Å². The summed E-state index contributed by atoms with van der Waals surface area (Å²) in [5.41, 5.74) is 0.296. The van der Waals surface area contributed by atoms with Gasteiger partial charge in [0, 0.05) is 26.2 Å². The van der Waals surface area contributed by atoms with E-state index in [1.807, 2.05) is 0 Å². The van der Waals surface area contributed by atoms with Crippen molar-refractivity contribution in [1.82, 2.24) is 10.2 Å². The van der Waals surface area contributed by atoms with Gasteiger partial charge >= 0.3 is 6.09 Å². The molecule has 7 nitrogen and oxygen atoms in total. The highest BCUT2D eigenvalue weighted by Crippen LogP contribution is 2.32. The second-order valence-electron chi connectivity index (χ2n) is 4.43. The molecule has 0 unspecified atom stereocenters. The molecular weight excluding hydrogens is 286 g/mol. The van der Waals surface area contributed by atoms with E-state index in [9.17, 15) is 14.9 Å². The van der Waals surface area contributed by atoms with Crippen LogP contribution >= 0.6 is 11.6 Å². The lowest BCUT2D eigenvalue weighted by molar-refractivity contribution is -0.384. The zero-order valence-electron chi connectivity index (χ0n) is 10.9. The van der Waals surface area contributed by atoms with Gasteiger partial charge in [-0.15, -0.1) is 0 Å². The molecule has 0 spiro atoms. The van der Waals surface area contributed by atoms with Crippen LogP contribution in [0.3, 0.4) is 0 Å². The van der Waals surface area contributed by atoms with Crippen LogP contribution in [0.2, 0.25) is 5.02 Å². The van der Waals surface area contributed by atoms with Gasteiger partial charge in [-0.05, 0) is 18.6 Å². The quantitative estimate of drug-likeness (QED) is 0.666. The van der Waals surface area contributed by atoms with Gasteiger partial charge in [0.2, 0.25) is 0 Å². The zero-order chi connectivity index (χ0) is 14.7. The fourth-order valence-electron chi connectivity index (χ4n) is 1.90. The molecule has 20 heavy (non-hydrogen) atoms. The number of rotatable bonds is 2. The van der Waals surface area contributed by atoms with Crippen molar-refractivity contribution >= 4 is 23.4 Å². The molecule has 8 heteroatoms. The summed E-state index contributed by atoms with van der Waals surface area (Å²) >= 11 is 5.78. The number of ether oxygens (including phenoxy) is 1. The molecule has 0 atom stereocenters. The van der Waals surface area contributed by atoms with Crippen LogP contribution in [-0.4, -0.2) is 42.1 Å². The van der Waals surface area contributed by atoms with Crippen molar-refractivity contribution in [3.8, 4) is 5.75 Å². The summed E-state index contributed by atoms with van der Waals surface area (Å²) in [4.78, 5) is 23.7. The number of piperazine rings is 1. The van der Waals surface area contributed by atoms with E-state index < -0.39 is 11.0 Å². The number of nitrogens with zero attached hydrogens (tertiary/aromatic N) is 2. The molecule has 1 aromatic carbocycles. The Kier molecular flexibility index (Phi) is 4.41. The number of aryl methyl sites for hydroxylation is 1. The van der Waals surface area contributed by atoms with Crippen molar-refractivity contribution in [1.29, 1.82) is 0 Å². The number of benzene rings is 1. The lowest BCUT2D eigenvalue weighted by Gasteiger charge is -2.26. The number of nitro benzene ring substituents is 1. The van der Waals surface area contributed by atoms with Crippen LogP contribution < -0.4 is 10.1 Å². The van der Waals surface area contributed by atoms with Gasteiger partial charge in [-0.2, -0.15) is 0 Å². The summed E-state index contributed by atoms with van der Waals surface area (Å²) < 4.78 is 5.23. The molecule has 1 aliphatic heterocycles. The third kappa shape index (κ3) is 3.17. The molecule has 1 fully saturated rings. The van der Waals surface area contributed by atoms with E-state index in [1.54, 1.807) is 11.8 Å². The number of carbonyl (C=O) groups excluding carboxylic acids is 1. The largest absolute Gasteiger partial charge is 0.415 e. The normalized spacial score (nSPS) is 15.0. The average Bonchev–Trinajstić information content (AvgIpc) is 2.42. The van der Waals surface area contributed by atoms with E-state index >= 15 is 0 Å². The van der Waals surface area contributed by atoms with Crippen molar-refractivity contribution in [3.63, 3.8) is 0 Å². The molecule has 1 aromatic rings. The zero-order valence-corrected chi connectivity index (χ0v) is 11.6. The van der Waals surface area contributed by atoms with E-state index in [0.29, 0.717) is 31.7 Å². The molecule has 1 aliphatic rings. The Morgan fingerprint density at radius 2 is 2.10 bits per heavy atom. The lowest BCUT2D eigenvalue weighted by atomic mass is 10.2. The molecule has 108 valence electrons. The number of hydrogen-bond donors (Lipinski definition) is 1. The van der Waals surface area contributed by atoms with Crippen molar-refractivity contribution in [2.45, 2.75) is 6.92 Å². The molecule has 0 aromatic heterocycles. The van der Waals surface area contributed by atoms with Crippen LogP contribution in [-0.2, 0) is 0 Å². The Hall–Kier alpha value is -1.86. The minimum absolute atomic E-state index is 0.0227. The van der Waals surface area contributed by atoms with Crippen molar-refractivity contribution in [2.24, 2.45) is 0 Å². The predicted molar refractivity (Wildman–Crippen MR) is 73.3 cm³/mol. The van der Waals surface area contributed by atoms with Crippen LogP contribution in [0.4, 0.5) is 10.5 Å². The van der Waals surface area contributed by atoms with E-state index in [1.165, 1.54) is 12.1 Å². The van der Waals surface area contributed by atoms with Crippen LogP contribution in [0.15, 0.2) is 12.1 Å². The standard InChI is InChI=1S/C12H14ClN3O4/c1-8-6-9(13)10(16(18)19)7-11(8)20-12(17)15-4-2-14-3-5-15/h6-7,14H,2-5H2,1H3. The second-order valence-corrected chi connectivity index (χ2v) is 4.84. The van der Waals surface area contributed by atoms with Crippen molar-refractivity contribution in [3.05, 3.63) is 32.8 Å². The molecule has 1 N–H and O–H groups in total. The first-order valence-corrected chi connectivity index (χ1v) is 6.49. The number of amides is 1. The predicted octanol–water partition coefficient (Wildman–Crippen LogP) is 1.96. The smallest absolute Gasteiger partial charge is 0.410 e. The maximum absolute atomic E-state index is 12.0. The Balaban J connectivity index is 2.18. The summed E-state index contributed by atoms with van der Waals surface area (Å²) in [6.45, 7) is 4.18. The van der Waals surface area contributed by atoms with E-state index in [-0.39, 0.29) is 16.5 Å². The van der Waals surface area contributed by atoms with Gasteiger partial charge in [0.05, 0.1) is 11.0 Å². The molecule has 1 saturated heterocycles. The highest BCUT2D eigenvalue weighted by molar-refractivity contribution is 6.32. The lowest BCUT2D eigenvalue weighted by Crippen LogP contribution is -2.47. The van der Waals surface area contributed by atoms with Gasteiger partial charge in [0.1, 0.15) is 10.8 Å². The molecule has 0 bridgehead atoms. The Morgan fingerprint density at radius 1 is 1.45 bits per heavy atom. The maximum Gasteiger partial charge on any atom is 0.415 e. The SMILES string of the molecule is Cc1cc(Cl)c([N+](=O)[O-])cc1OC(=O)N1CCNCC1. The Bertz CT molecular complexity index is 544.